The van der Waals surface area contributed by atoms with Crippen molar-refractivity contribution in [1.82, 2.24) is 4.90 Å². The van der Waals surface area contributed by atoms with E-state index >= 15 is 0 Å². The number of aryl methyl sites for hydroxylation is 1. The van der Waals surface area contributed by atoms with E-state index in [0.717, 1.165) is 18.4 Å². The second-order valence-electron chi connectivity index (χ2n) is 7.01. The maximum Gasteiger partial charge on any atom is 0.310 e. The van der Waals surface area contributed by atoms with Crippen molar-refractivity contribution in [3.8, 4) is 0 Å². The van der Waals surface area contributed by atoms with Crippen LogP contribution in [0.15, 0.2) is 48.5 Å². The fourth-order valence-electron chi connectivity index (χ4n) is 3.34. The zero-order chi connectivity index (χ0) is 20.1. The summed E-state index contributed by atoms with van der Waals surface area (Å²) in [6.45, 7) is 2.92. The molecule has 0 spiro atoms. The van der Waals surface area contributed by atoms with Gasteiger partial charge in [0.25, 0.3) is 11.8 Å². The van der Waals surface area contributed by atoms with Crippen LogP contribution in [0, 0.1) is 12.8 Å². The highest BCUT2D eigenvalue weighted by atomic mass is 16.5. The summed E-state index contributed by atoms with van der Waals surface area (Å²) in [5.74, 6) is -0.947. The van der Waals surface area contributed by atoms with E-state index in [2.05, 4.69) is 5.32 Å². The van der Waals surface area contributed by atoms with Crippen LogP contribution in [0.3, 0.4) is 0 Å². The molecule has 1 heterocycles. The molecule has 6 heteroatoms. The van der Waals surface area contributed by atoms with E-state index in [-0.39, 0.29) is 23.7 Å². The third-order valence-electron chi connectivity index (χ3n) is 4.92. The van der Waals surface area contributed by atoms with E-state index in [1.807, 2.05) is 19.1 Å². The molecule has 1 fully saturated rings. The number of amides is 2. The highest BCUT2D eigenvalue weighted by Crippen LogP contribution is 2.21. The number of carbonyl (C=O) groups excluding carboxylic acids is 3. The minimum atomic E-state index is -0.285. The molecular weight excluding hydrogens is 356 g/mol. The van der Waals surface area contributed by atoms with Gasteiger partial charge in [0.15, 0.2) is 0 Å². The Hall–Kier alpha value is -3.15. The van der Waals surface area contributed by atoms with E-state index in [1.165, 1.54) is 7.11 Å². The molecule has 146 valence electrons. The number of nitrogens with zero attached hydrogens (tertiary/aromatic N) is 1. The van der Waals surface area contributed by atoms with Crippen molar-refractivity contribution in [1.29, 1.82) is 0 Å². The second-order valence-corrected chi connectivity index (χ2v) is 7.01. The standard InChI is InChI=1S/C22H24N2O4/c1-15-8-10-16(11-9-15)20(25)23-19-7-3-5-17(13-19)21(26)24-12-4-6-18(14-24)22(27)28-2/h3,5,7-11,13,18H,4,6,12,14H2,1-2H3,(H,23,25)/t18-/m0/s1. The van der Waals surface area contributed by atoms with Gasteiger partial charge in [-0.05, 0) is 50.1 Å². The zero-order valence-electron chi connectivity index (χ0n) is 16.1. The minimum absolute atomic E-state index is 0.153. The van der Waals surface area contributed by atoms with Crippen LogP contribution in [0.1, 0.15) is 39.1 Å². The maximum atomic E-state index is 12.9. The maximum absolute atomic E-state index is 12.9. The number of hydrogen-bond donors (Lipinski definition) is 1. The van der Waals surface area contributed by atoms with Crippen LogP contribution < -0.4 is 5.32 Å². The number of likely N-dealkylation sites (tertiary alicyclic amines) is 1. The van der Waals surface area contributed by atoms with Crippen LogP contribution >= 0.6 is 0 Å². The van der Waals surface area contributed by atoms with E-state index in [0.29, 0.717) is 29.9 Å². The molecule has 0 bridgehead atoms. The van der Waals surface area contributed by atoms with Gasteiger partial charge in [0.1, 0.15) is 0 Å². The van der Waals surface area contributed by atoms with Crippen molar-refractivity contribution in [3.63, 3.8) is 0 Å². The summed E-state index contributed by atoms with van der Waals surface area (Å²) >= 11 is 0. The number of ether oxygens (including phenoxy) is 1. The average Bonchev–Trinajstić information content (AvgIpc) is 2.73. The minimum Gasteiger partial charge on any atom is -0.469 e. The number of esters is 1. The summed E-state index contributed by atoms with van der Waals surface area (Å²) in [7, 11) is 1.36. The molecule has 2 aromatic rings. The van der Waals surface area contributed by atoms with Gasteiger partial charge in [0.05, 0.1) is 13.0 Å². The molecule has 2 aromatic carbocycles. The number of rotatable bonds is 4. The lowest BCUT2D eigenvalue weighted by molar-refractivity contribution is -0.146. The fourth-order valence-corrected chi connectivity index (χ4v) is 3.34. The lowest BCUT2D eigenvalue weighted by Crippen LogP contribution is -2.42. The Bertz CT molecular complexity index is 876. The molecule has 0 unspecified atom stereocenters. The van der Waals surface area contributed by atoms with Crippen LogP contribution in [0.2, 0.25) is 0 Å². The molecule has 0 radical (unpaired) electrons. The molecule has 1 aliphatic heterocycles. The molecule has 1 atom stereocenters. The molecule has 1 saturated heterocycles. The number of carbonyl (C=O) groups is 3. The lowest BCUT2D eigenvalue weighted by Gasteiger charge is -2.31. The second kappa shape index (κ2) is 8.69. The Balaban J connectivity index is 1.70. The van der Waals surface area contributed by atoms with Crippen molar-refractivity contribution in [2.24, 2.45) is 5.92 Å². The summed E-state index contributed by atoms with van der Waals surface area (Å²) < 4.78 is 4.81. The molecule has 1 N–H and O–H groups in total. The summed E-state index contributed by atoms with van der Waals surface area (Å²) in [5.41, 5.74) is 2.67. The fraction of sp³-hybridized carbons (Fsp3) is 0.318. The van der Waals surface area contributed by atoms with Gasteiger partial charge in [0, 0.05) is 29.9 Å². The summed E-state index contributed by atoms with van der Waals surface area (Å²) in [4.78, 5) is 38.7. The van der Waals surface area contributed by atoms with Crippen molar-refractivity contribution < 1.29 is 19.1 Å². The number of anilines is 1. The summed E-state index contributed by atoms with van der Waals surface area (Å²) in [6, 6.07) is 14.1. The Kier molecular flexibility index (Phi) is 6.09. The molecule has 3 rings (SSSR count). The van der Waals surface area contributed by atoms with Crippen molar-refractivity contribution in [3.05, 3.63) is 65.2 Å². The summed E-state index contributed by atoms with van der Waals surface area (Å²) in [5, 5.41) is 2.83. The monoisotopic (exact) mass is 380 g/mol. The van der Waals surface area contributed by atoms with Gasteiger partial charge in [-0.3, -0.25) is 14.4 Å². The van der Waals surface area contributed by atoms with E-state index in [1.54, 1.807) is 41.3 Å². The van der Waals surface area contributed by atoms with Gasteiger partial charge in [-0.15, -0.1) is 0 Å². The predicted molar refractivity (Wildman–Crippen MR) is 106 cm³/mol. The molecule has 0 aliphatic carbocycles. The third kappa shape index (κ3) is 4.57. The number of methoxy groups -OCH3 is 1. The number of piperidine rings is 1. The van der Waals surface area contributed by atoms with Gasteiger partial charge >= 0.3 is 5.97 Å². The zero-order valence-corrected chi connectivity index (χ0v) is 16.1. The smallest absolute Gasteiger partial charge is 0.310 e. The molecule has 1 aliphatic rings. The van der Waals surface area contributed by atoms with Crippen molar-refractivity contribution in [2.45, 2.75) is 19.8 Å². The molecule has 28 heavy (non-hydrogen) atoms. The van der Waals surface area contributed by atoms with E-state index < -0.39 is 0 Å². The Labute approximate surface area is 164 Å². The Morgan fingerprint density at radius 1 is 1.07 bits per heavy atom. The third-order valence-corrected chi connectivity index (χ3v) is 4.92. The largest absolute Gasteiger partial charge is 0.469 e. The van der Waals surface area contributed by atoms with E-state index in [9.17, 15) is 14.4 Å². The number of nitrogens with one attached hydrogen (secondary N) is 1. The highest BCUT2D eigenvalue weighted by molar-refractivity contribution is 6.05. The first-order chi connectivity index (χ1) is 13.5. The van der Waals surface area contributed by atoms with Gasteiger partial charge in [-0.2, -0.15) is 0 Å². The van der Waals surface area contributed by atoms with Crippen molar-refractivity contribution >= 4 is 23.5 Å². The first-order valence-electron chi connectivity index (χ1n) is 9.33. The quantitative estimate of drug-likeness (QED) is 0.826. The van der Waals surface area contributed by atoms with Crippen LogP contribution in [0.25, 0.3) is 0 Å². The van der Waals surface area contributed by atoms with Crippen LogP contribution in [-0.2, 0) is 9.53 Å². The molecule has 0 saturated carbocycles. The number of benzene rings is 2. The van der Waals surface area contributed by atoms with E-state index in [4.69, 9.17) is 4.74 Å². The normalized spacial score (nSPS) is 16.4. The van der Waals surface area contributed by atoms with Gasteiger partial charge in [-0.1, -0.05) is 23.8 Å². The molecule has 2 amide bonds. The lowest BCUT2D eigenvalue weighted by atomic mass is 9.97. The topological polar surface area (TPSA) is 75.7 Å². The SMILES string of the molecule is COC(=O)[C@H]1CCCN(C(=O)c2cccc(NC(=O)c3ccc(C)cc3)c2)C1. The van der Waals surface area contributed by atoms with Gasteiger partial charge in [0.2, 0.25) is 0 Å². The average molecular weight is 380 g/mol. The highest BCUT2D eigenvalue weighted by Gasteiger charge is 2.29. The number of hydrogen-bond acceptors (Lipinski definition) is 4. The molecular formula is C22H24N2O4. The molecule has 0 aromatic heterocycles. The Morgan fingerprint density at radius 3 is 2.54 bits per heavy atom. The van der Waals surface area contributed by atoms with Crippen LogP contribution in [-0.4, -0.2) is 42.9 Å². The van der Waals surface area contributed by atoms with Gasteiger partial charge < -0.3 is 15.0 Å². The first kappa shape index (κ1) is 19.6. The summed E-state index contributed by atoms with van der Waals surface area (Å²) in [6.07, 6.45) is 1.48. The molecule has 6 nitrogen and oxygen atoms in total. The Morgan fingerprint density at radius 2 is 1.82 bits per heavy atom. The predicted octanol–water partition coefficient (Wildman–Crippen LogP) is 3.27. The van der Waals surface area contributed by atoms with Crippen LogP contribution in [0.5, 0.6) is 0 Å². The first-order valence-corrected chi connectivity index (χ1v) is 9.33. The van der Waals surface area contributed by atoms with Crippen LogP contribution in [0.4, 0.5) is 5.69 Å². The van der Waals surface area contributed by atoms with Crippen molar-refractivity contribution in [2.75, 3.05) is 25.5 Å². The van der Waals surface area contributed by atoms with Gasteiger partial charge in [-0.25, -0.2) is 0 Å².